The summed E-state index contributed by atoms with van der Waals surface area (Å²) in [5, 5.41) is 0. The number of aromatic nitrogens is 1. The molecule has 0 unspecified atom stereocenters. The Morgan fingerprint density at radius 1 is 0.793 bits per heavy atom. The van der Waals surface area contributed by atoms with E-state index in [1.807, 2.05) is 18.2 Å². The van der Waals surface area contributed by atoms with Gasteiger partial charge in [0.1, 0.15) is 19.0 Å². The molecule has 2 rings (SSSR count). The standard InChI is InChI=1S/C25H38NO2.ClH/c1-3-5-8-12-23-14-15-25(24(22-23)13-9-6-4-2)28-21-20-27-19-18-26-16-10-7-11-17-26;/h7,10-11,14-17,22H,3-6,8-9,12-13,18-21H2,1-2H3;1H/q+1;. The van der Waals surface area contributed by atoms with E-state index in [1.165, 1.54) is 56.1 Å². The lowest BCUT2D eigenvalue weighted by atomic mass is 10.0. The molecule has 0 atom stereocenters. The third-order valence-electron chi connectivity index (χ3n) is 5.00. The lowest BCUT2D eigenvalue weighted by Crippen LogP contribution is -2.35. The van der Waals surface area contributed by atoms with Crippen LogP contribution < -0.4 is 9.30 Å². The summed E-state index contributed by atoms with van der Waals surface area (Å²) in [5.41, 5.74) is 2.81. The molecule has 0 bridgehead atoms. The number of benzene rings is 1. The maximum atomic E-state index is 6.07. The molecule has 0 saturated carbocycles. The van der Waals surface area contributed by atoms with E-state index < -0.39 is 0 Å². The van der Waals surface area contributed by atoms with Gasteiger partial charge in [-0.25, -0.2) is 4.57 Å². The minimum absolute atomic E-state index is 0. The predicted molar refractivity (Wildman–Crippen MR) is 123 cm³/mol. The average molecular weight is 421 g/mol. The van der Waals surface area contributed by atoms with Crippen LogP contribution in [0.4, 0.5) is 0 Å². The van der Waals surface area contributed by atoms with E-state index in [0.29, 0.717) is 19.8 Å². The van der Waals surface area contributed by atoms with E-state index in [2.05, 4.69) is 49.0 Å². The number of pyridine rings is 1. The van der Waals surface area contributed by atoms with Gasteiger partial charge in [0, 0.05) is 12.1 Å². The molecule has 1 aromatic heterocycles. The highest BCUT2D eigenvalue weighted by Crippen LogP contribution is 2.23. The van der Waals surface area contributed by atoms with Crippen molar-refractivity contribution in [3.63, 3.8) is 0 Å². The second kappa shape index (κ2) is 16.2. The van der Waals surface area contributed by atoms with Gasteiger partial charge in [-0.1, -0.05) is 57.7 Å². The third kappa shape index (κ3) is 10.7. The van der Waals surface area contributed by atoms with Crippen LogP contribution in [0.25, 0.3) is 0 Å². The van der Waals surface area contributed by atoms with E-state index in [1.54, 1.807) is 0 Å². The zero-order valence-electron chi connectivity index (χ0n) is 18.3. The van der Waals surface area contributed by atoms with Gasteiger partial charge in [0.2, 0.25) is 0 Å². The summed E-state index contributed by atoms with van der Waals surface area (Å²) in [6.07, 6.45) is 14.0. The molecule has 0 aliphatic heterocycles. The Morgan fingerprint density at radius 2 is 1.52 bits per heavy atom. The highest BCUT2D eigenvalue weighted by atomic mass is 35.5. The summed E-state index contributed by atoms with van der Waals surface area (Å²) in [4.78, 5) is 0. The molecular formula is C25H39ClNO2+. The second-order valence-corrected chi connectivity index (χ2v) is 7.43. The number of hydrogen-bond donors (Lipinski definition) is 0. The first-order valence-corrected chi connectivity index (χ1v) is 11.1. The second-order valence-electron chi connectivity index (χ2n) is 7.43. The number of aryl methyl sites for hydroxylation is 2. The van der Waals surface area contributed by atoms with Gasteiger partial charge < -0.3 is 9.47 Å². The molecule has 0 aliphatic carbocycles. The number of ether oxygens (including phenoxy) is 2. The molecule has 3 nitrogen and oxygen atoms in total. The van der Waals surface area contributed by atoms with Crippen LogP contribution in [0.5, 0.6) is 5.75 Å². The van der Waals surface area contributed by atoms with Crippen LogP contribution in [0, 0.1) is 0 Å². The van der Waals surface area contributed by atoms with Crippen molar-refractivity contribution in [1.82, 2.24) is 0 Å². The maximum absolute atomic E-state index is 6.07. The SMILES string of the molecule is CCCCCc1ccc(OCCOCC[n+]2ccccc2)c(CCCCC)c1.Cl. The molecule has 0 aliphatic rings. The average Bonchev–Trinajstić information content (AvgIpc) is 2.73. The van der Waals surface area contributed by atoms with Gasteiger partial charge >= 0.3 is 0 Å². The largest absolute Gasteiger partial charge is 0.491 e. The van der Waals surface area contributed by atoms with Crippen molar-refractivity contribution in [3.05, 3.63) is 59.9 Å². The van der Waals surface area contributed by atoms with E-state index in [9.17, 15) is 0 Å². The molecule has 29 heavy (non-hydrogen) atoms. The summed E-state index contributed by atoms with van der Waals surface area (Å²) in [6.45, 7) is 7.32. The quantitative estimate of drug-likeness (QED) is 0.262. The molecule has 0 saturated heterocycles. The van der Waals surface area contributed by atoms with E-state index in [0.717, 1.165) is 18.7 Å². The number of hydrogen-bond acceptors (Lipinski definition) is 2. The Balaban J connectivity index is 0.00000420. The first-order valence-electron chi connectivity index (χ1n) is 11.1. The molecule has 4 heteroatoms. The molecular weight excluding hydrogens is 382 g/mol. The van der Waals surface area contributed by atoms with Gasteiger partial charge in [-0.2, -0.15) is 0 Å². The molecule has 0 spiro atoms. The van der Waals surface area contributed by atoms with Crippen molar-refractivity contribution >= 4 is 12.4 Å². The Bertz CT molecular complexity index is 649. The Kier molecular flexibility index (Phi) is 14.3. The topological polar surface area (TPSA) is 22.3 Å². The van der Waals surface area contributed by atoms with Crippen molar-refractivity contribution in [1.29, 1.82) is 0 Å². The lowest BCUT2D eigenvalue weighted by molar-refractivity contribution is -0.698. The van der Waals surface area contributed by atoms with E-state index in [4.69, 9.17) is 9.47 Å². The van der Waals surface area contributed by atoms with Gasteiger partial charge in [-0.15, -0.1) is 12.4 Å². The lowest BCUT2D eigenvalue weighted by Gasteiger charge is -2.13. The summed E-state index contributed by atoms with van der Waals surface area (Å²) >= 11 is 0. The molecule has 0 radical (unpaired) electrons. The highest BCUT2D eigenvalue weighted by Gasteiger charge is 2.06. The summed E-state index contributed by atoms with van der Waals surface area (Å²) in [5.74, 6) is 1.04. The molecule has 0 amide bonds. The van der Waals surface area contributed by atoms with E-state index >= 15 is 0 Å². The van der Waals surface area contributed by atoms with Crippen molar-refractivity contribution in [3.8, 4) is 5.75 Å². The zero-order chi connectivity index (χ0) is 19.9. The summed E-state index contributed by atoms with van der Waals surface area (Å²) < 4.78 is 13.9. The maximum Gasteiger partial charge on any atom is 0.171 e. The van der Waals surface area contributed by atoms with Crippen LogP contribution in [0.2, 0.25) is 0 Å². The Hall–Kier alpha value is -1.58. The fraction of sp³-hybridized carbons (Fsp3) is 0.560. The summed E-state index contributed by atoms with van der Waals surface area (Å²) in [7, 11) is 0. The molecule has 1 aromatic carbocycles. The minimum atomic E-state index is 0. The fourth-order valence-corrected chi connectivity index (χ4v) is 3.34. The fourth-order valence-electron chi connectivity index (χ4n) is 3.34. The number of unbranched alkanes of at least 4 members (excludes halogenated alkanes) is 4. The van der Waals surface area contributed by atoms with Gasteiger partial charge in [-0.05, 0) is 42.9 Å². The third-order valence-corrected chi connectivity index (χ3v) is 5.00. The molecule has 162 valence electrons. The monoisotopic (exact) mass is 420 g/mol. The van der Waals surface area contributed by atoms with Gasteiger partial charge in [0.05, 0.1) is 6.61 Å². The van der Waals surface area contributed by atoms with Gasteiger partial charge in [0.25, 0.3) is 0 Å². The number of nitrogens with zero attached hydrogens (tertiary/aromatic N) is 1. The first kappa shape index (κ1) is 25.5. The van der Waals surface area contributed by atoms with Crippen LogP contribution in [0.15, 0.2) is 48.8 Å². The van der Waals surface area contributed by atoms with Crippen LogP contribution in [-0.2, 0) is 24.1 Å². The van der Waals surface area contributed by atoms with Crippen molar-refractivity contribution in [2.24, 2.45) is 0 Å². The molecule has 0 N–H and O–H groups in total. The van der Waals surface area contributed by atoms with Crippen LogP contribution in [0.1, 0.15) is 63.5 Å². The Morgan fingerprint density at radius 3 is 2.24 bits per heavy atom. The van der Waals surface area contributed by atoms with Crippen LogP contribution in [-0.4, -0.2) is 19.8 Å². The number of rotatable bonds is 15. The van der Waals surface area contributed by atoms with Gasteiger partial charge in [0.15, 0.2) is 18.9 Å². The van der Waals surface area contributed by atoms with Crippen LogP contribution >= 0.6 is 12.4 Å². The molecule has 2 aromatic rings. The minimum Gasteiger partial charge on any atom is -0.491 e. The van der Waals surface area contributed by atoms with Crippen molar-refractivity contribution in [2.45, 2.75) is 71.8 Å². The first-order chi connectivity index (χ1) is 13.8. The zero-order valence-corrected chi connectivity index (χ0v) is 19.1. The van der Waals surface area contributed by atoms with Crippen molar-refractivity contribution in [2.75, 3.05) is 19.8 Å². The predicted octanol–water partition coefficient (Wildman–Crippen LogP) is 5.96. The van der Waals surface area contributed by atoms with Crippen LogP contribution in [0.3, 0.4) is 0 Å². The van der Waals surface area contributed by atoms with Crippen molar-refractivity contribution < 1.29 is 14.0 Å². The molecule has 0 fully saturated rings. The van der Waals surface area contributed by atoms with E-state index in [-0.39, 0.29) is 12.4 Å². The molecule has 1 heterocycles. The highest BCUT2D eigenvalue weighted by molar-refractivity contribution is 5.85. The smallest absolute Gasteiger partial charge is 0.171 e. The normalized spacial score (nSPS) is 10.6. The summed E-state index contributed by atoms with van der Waals surface area (Å²) in [6, 6.07) is 12.9. The number of halogens is 1. The van der Waals surface area contributed by atoms with Gasteiger partial charge in [-0.3, -0.25) is 0 Å². The Labute approximate surface area is 183 Å².